The van der Waals surface area contributed by atoms with Crippen molar-refractivity contribution in [3.63, 3.8) is 0 Å². The van der Waals surface area contributed by atoms with Gasteiger partial charge in [-0.3, -0.25) is 0 Å². The fraction of sp³-hybridized carbons (Fsp3) is 0. The van der Waals surface area contributed by atoms with E-state index in [1.807, 2.05) is 60.7 Å². The summed E-state index contributed by atoms with van der Waals surface area (Å²) in [6.07, 6.45) is 0. The summed E-state index contributed by atoms with van der Waals surface area (Å²) in [6.45, 7) is 0. The molecular formula is C24H19NO3. The van der Waals surface area contributed by atoms with Crippen molar-refractivity contribution in [3.8, 4) is 23.0 Å². The highest BCUT2D eigenvalue weighted by atomic mass is 16.5. The smallest absolute Gasteiger partial charge is 0.136 e. The van der Waals surface area contributed by atoms with Gasteiger partial charge in [-0.25, -0.2) is 0 Å². The third kappa shape index (κ3) is 4.38. The van der Waals surface area contributed by atoms with E-state index < -0.39 is 0 Å². The van der Waals surface area contributed by atoms with E-state index in [-0.39, 0.29) is 5.06 Å². The molecule has 4 aromatic carbocycles. The van der Waals surface area contributed by atoms with E-state index in [0.29, 0.717) is 22.9 Å². The van der Waals surface area contributed by atoms with Gasteiger partial charge in [-0.2, -0.15) is 0 Å². The van der Waals surface area contributed by atoms with Crippen LogP contribution in [0.1, 0.15) is 0 Å². The number of hydrogen-bond donors (Lipinski definition) is 1. The second kappa shape index (κ2) is 8.39. The van der Waals surface area contributed by atoms with Gasteiger partial charge in [-0.1, -0.05) is 36.4 Å². The lowest BCUT2D eigenvalue weighted by molar-refractivity contribution is -0.698. The molecule has 0 heterocycles. The van der Waals surface area contributed by atoms with Crippen LogP contribution in [0.15, 0.2) is 109 Å². The van der Waals surface area contributed by atoms with Gasteiger partial charge >= 0.3 is 0 Å². The Bertz CT molecular complexity index is 916. The summed E-state index contributed by atoms with van der Waals surface area (Å²) in [5.74, 6) is 2.90. The van der Waals surface area contributed by atoms with Gasteiger partial charge < -0.3 is 19.7 Å². The molecule has 0 saturated heterocycles. The summed E-state index contributed by atoms with van der Waals surface area (Å²) in [5.41, 5.74) is 1.22. The average Bonchev–Trinajstić information content (AvgIpc) is 2.76. The van der Waals surface area contributed by atoms with Crippen molar-refractivity contribution < 1.29 is 14.5 Å². The Morgan fingerprint density at radius 2 is 0.750 bits per heavy atom. The molecular weight excluding hydrogens is 350 g/mol. The third-order valence-electron chi connectivity index (χ3n) is 4.19. The van der Waals surface area contributed by atoms with Crippen LogP contribution in [-0.2, 0) is 0 Å². The Morgan fingerprint density at radius 1 is 0.429 bits per heavy atom. The molecule has 0 aliphatic rings. The maximum atomic E-state index is 12.7. The van der Waals surface area contributed by atoms with Gasteiger partial charge in [0.1, 0.15) is 34.4 Å². The minimum absolute atomic E-state index is 0.0440. The van der Waals surface area contributed by atoms with Gasteiger partial charge in [0.05, 0.1) is 0 Å². The molecule has 138 valence electrons. The maximum Gasteiger partial charge on any atom is 0.136 e. The minimum Gasteiger partial charge on any atom is -0.623 e. The molecule has 0 aromatic heterocycles. The number of benzene rings is 4. The zero-order valence-corrected chi connectivity index (χ0v) is 15.1. The first-order chi connectivity index (χ1) is 13.8. The van der Waals surface area contributed by atoms with Crippen LogP contribution in [-0.4, -0.2) is 0 Å². The first-order valence-corrected chi connectivity index (χ1v) is 8.98. The van der Waals surface area contributed by atoms with Crippen molar-refractivity contribution in [1.82, 2.24) is 0 Å². The Labute approximate surface area is 163 Å². The highest BCUT2D eigenvalue weighted by molar-refractivity contribution is 5.44. The molecule has 0 radical (unpaired) electrons. The Morgan fingerprint density at radius 3 is 1.11 bits per heavy atom. The molecule has 4 aromatic rings. The van der Waals surface area contributed by atoms with Crippen molar-refractivity contribution in [2.75, 3.05) is 0 Å². The van der Waals surface area contributed by atoms with Crippen molar-refractivity contribution >= 4 is 11.4 Å². The van der Waals surface area contributed by atoms with Crippen LogP contribution in [0, 0.1) is 5.21 Å². The van der Waals surface area contributed by atoms with E-state index in [9.17, 15) is 5.21 Å². The van der Waals surface area contributed by atoms with Crippen LogP contribution in [0.2, 0.25) is 0 Å². The monoisotopic (exact) mass is 369 g/mol. The van der Waals surface area contributed by atoms with Gasteiger partial charge in [0.2, 0.25) is 0 Å². The molecule has 0 aliphatic heterocycles. The molecule has 1 N–H and O–H groups in total. The summed E-state index contributed by atoms with van der Waals surface area (Å²) in [7, 11) is 0. The molecule has 0 aliphatic carbocycles. The summed E-state index contributed by atoms with van der Waals surface area (Å²) in [4.78, 5) is 0. The number of para-hydroxylation sites is 2. The van der Waals surface area contributed by atoms with Gasteiger partial charge in [-0.15, -0.1) is 0 Å². The van der Waals surface area contributed by atoms with E-state index in [1.54, 1.807) is 48.5 Å². The van der Waals surface area contributed by atoms with Crippen molar-refractivity contribution in [1.29, 1.82) is 0 Å². The minimum atomic E-state index is -0.0440. The Hall–Kier alpha value is -3.60. The van der Waals surface area contributed by atoms with Crippen molar-refractivity contribution in [2.24, 2.45) is 0 Å². The first kappa shape index (κ1) is 17.8. The molecule has 0 amide bonds. The maximum absolute atomic E-state index is 12.7. The van der Waals surface area contributed by atoms with E-state index >= 15 is 0 Å². The van der Waals surface area contributed by atoms with Crippen molar-refractivity contribution in [2.45, 2.75) is 0 Å². The molecule has 28 heavy (non-hydrogen) atoms. The second-order valence-electron chi connectivity index (χ2n) is 6.21. The topological polar surface area (TPSA) is 46.0 Å². The second-order valence-corrected chi connectivity index (χ2v) is 6.21. The van der Waals surface area contributed by atoms with E-state index in [4.69, 9.17) is 9.47 Å². The van der Waals surface area contributed by atoms with Gasteiger partial charge in [0.25, 0.3) is 0 Å². The zero-order valence-electron chi connectivity index (χ0n) is 15.1. The molecule has 0 atom stereocenters. The normalized spacial score (nSPS) is 10.6. The third-order valence-corrected chi connectivity index (χ3v) is 4.19. The largest absolute Gasteiger partial charge is 0.623 e. The summed E-state index contributed by atoms with van der Waals surface area (Å²) in [5, 5.41) is 12.7. The number of rotatable bonds is 6. The lowest BCUT2D eigenvalue weighted by Crippen LogP contribution is -2.96. The van der Waals surface area contributed by atoms with Crippen molar-refractivity contribution in [3.05, 3.63) is 114 Å². The molecule has 0 bridgehead atoms. The van der Waals surface area contributed by atoms with E-state index in [1.165, 1.54) is 0 Å². The lowest BCUT2D eigenvalue weighted by Gasteiger charge is -2.21. The van der Waals surface area contributed by atoms with Crippen LogP contribution >= 0.6 is 0 Å². The molecule has 4 rings (SSSR count). The predicted octanol–water partition coefficient (Wildman–Crippen LogP) is 5.62. The summed E-state index contributed by atoms with van der Waals surface area (Å²) in [6, 6.07) is 33.4. The van der Waals surface area contributed by atoms with Gasteiger partial charge in [0, 0.05) is 24.3 Å². The lowest BCUT2D eigenvalue weighted by atomic mass is 10.2. The highest BCUT2D eigenvalue weighted by Crippen LogP contribution is 2.24. The van der Waals surface area contributed by atoms with Crippen LogP contribution in [0.5, 0.6) is 23.0 Å². The zero-order chi connectivity index (χ0) is 19.2. The SMILES string of the molecule is [O-][NH+](c1ccc(Oc2ccccc2)cc1)c1ccc(Oc2ccccc2)cc1. The molecule has 0 unspecified atom stereocenters. The quantitative estimate of drug-likeness (QED) is 0.449. The van der Waals surface area contributed by atoms with Gasteiger partial charge in [-0.05, 0) is 48.5 Å². The molecule has 4 heteroatoms. The van der Waals surface area contributed by atoms with Crippen LogP contribution < -0.4 is 14.5 Å². The van der Waals surface area contributed by atoms with Crippen LogP contribution in [0.3, 0.4) is 0 Å². The number of nitrogens with one attached hydrogen (secondary N) is 1. The highest BCUT2D eigenvalue weighted by Gasteiger charge is 2.08. The average molecular weight is 369 g/mol. The Balaban J connectivity index is 1.43. The first-order valence-electron chi connectivity index (χ1n) is 8.98. The number of ether oxygens (including phenoxy) is 2. The fourth-order valence-electron chi connectivity index (χ4n) is 2.76. The molecule has 0 spiro atoms. The molecule has 4 nitrogen and oxygen atoms in total. The van der Waals surface area contributed by atoms with Crippen LogP contribution in [0.4, 0.5) is 11.4 Å². The van der Waals surface area contributed by atoms with E-state index in [2.05, 4.69) is 0 Å². The Kier molecular flexibility index (Phi) is 5.33. The van der Waals surface area contributed by atoms with Gasteiger partial charge in [0.15, 0.2) is 0 Å². The number of hydrogen-bond acceptors (Lipinski definition) is 3. The van der Waals surface area contributed by atoms with E-state index in [0.717, 1.165) is 11.5 Å². The predicted molar refractivity (Wildman–Crippen MR) is 110 cm³/mol. The summed E-state index contributed by atoms with van der Waals surface area (Å²) >= 11 is 0. The molecule has 0 fully saturated rings. The molecule has 0 saturated carbocycles. The number of quaternary nitrogens is 1. The standard InChI is InChI=1S/C24H19NO3/c26-25(19-11-15-23(16-12-19)27-21-7-3-1-4-8-21)20-13-17-24(18-14-20)28-22-9-5-2-6-10-22/h1-18,25H. The summed E-state index contributed by atoms with van der Waals surface area (Å²) < 4.78 is 11.5. The van der Waals surface area contributed by atoms with Crippen LogP contribution in [0.25, 0.3) is 0 Å². The fourth-order valence-corrected chi connectivity index (χ4v) is 2.76.